The summed E-state index contributed by atoms with van der Waals surface area (Å²) < 4.78 is 13.4. The van der Waals surface area contributed by atoms with Gasteiger partial charge in [-0.1, -0.05) is 0 Å². The summed E-state index contributed by atoms with van der Waals surface area (Å²) in [6, 6.07) is 3.43. The molecule has 2 rings (SSSR count). The van der Waals surface area contributed by atoms with Crippen LogP contribution in [0.2, 0.25) is 0 Å². The second-order valence-electron chi connectivity index (χ2n) is 3.71. The van der Waals surface area contributed by atoms with Crippen LogP contribution >= 0.6 is 0 Å². The Labute approximate surface area is 97.0 Å². The quantitative estimate of drug-likeness (QED) is 0.843. The van der Waals surface area contributed by atoms with Crippen molar-refractivity contribution < 1.29 is 4.39 Å². The van der Waals surface area contributed by atoms with Crippen molar-refractivity contribution in [3.63, 3.8) is 0 Å². The first-order valence-electron chi connectivity index (χ1n) is 4.96. The molecule has 0 fully saturated rings. The molecule has 0 bridgehead atoms. The minimum Gasteiger partial charge on any atom is -0.363 e. The molecule has 0 amide bonds. The van der Waals surface area contributed by atoms with Gasteiger partial charge in [0, 0.05) is 25.9 Å². The van der Waals surface area contributed by atoms with Crippen molar-refractivity contribution in [3.8, 4) is 11.3 Å². The molecule has 0 aliphatic rings. The van der Waals surface area contributed by atoms with E-state index in [1.165, 1.54) is 6.20 Å². The summed E-state index contributed by atoms with van der Waals surface area (Å²) in [7, 11) is 3.72. The molecular weight excluding hydrogens is 223 g/mol. The van der Waals surface area contributed by atoms with Crippen LogP contribution in [0.3, 0.4) is 0 Å². The van der Waals surface area contributed by atoms with Gasteiger partial charge < -0.3 is 9.88 Å². The highest BCUT2D eigenvalue weighted by atomic mass is 19.1. The highest BCUT2D eigenvalue weighted by molar-refractivity contribution is 5.59. The smallest absolute Gasteiger partial charge is 0.345 e. The van der Waals surface area contributed by atoms with Crippen LogP contribution in [0.4, 0.5) is 10.2 Å². The zero-order valence-electron chi connectivity index (χ0n) is 9.44. The standard InChI is InChI=1S/C11H11FN4O/c1-16(2)9-4-3-7(5-13-9)10-8(12)6-14-11(17)15-10/h3-6H,1-2H3,(H,14,15,17). The van der Waals surface area contributed by atoms with E-state index in [2.05, 4.69) is 15.0 Å². The van der Waals surface area contributed by atoms with Crippen molar-refractivity contribution in [2.45, 2.75) is 0 Å². The Balaban J connectivity index is 2.46. The summed E-state index contributed by atoms with van der Waals surface area (Å²) in [6.07, 6.45) is 2.40. The molecule has 0 spiro atoms. The zero-order valence-corrected chi connectivity index (χ0v) is 9.44. The molecule has 2 aromatic rings. The van der Waals surface area contributed by atoms with Crippen molar-refractivity contribution >= 4 is 5.82 Å². The van der Waals surface area contributed by atoms with E-state index in [0.29, 0.717) is 5.56 Å². The molecule has 0 unspecified atom stereocenters. The lowest BCUT2D eigenvalue weighted by Gasteiger charge is -2.11. The van der Waals surface area contributed by atoms with E-state index in [0.717, 1.165) is 12.0 Å². The van der Waals surface area contributed by atoms with E-state index < -0.39 is 11.5 Å². The van der Waals surface area contributed by atoms with E-state index in [1.54, 1.807) is 12.1 Å². The minimum absolute atomic E-state index is 0.0998. The Morgan fingerprint density at radius 3 is 2.59 bits per heavy atom. The number of H-pyrrole nitrogens is 1. The highest BCUT2D eigenvalue weighted by Gasteiger charge is 2.07. The van der Waals surface area contributed by atoms with Gasteiger partial charge in [-0.15, -0.1) is 0 Å². The lowest BCUT2D eigenvalue weighted by atomic mass is 10.2. The number of rotatable bonds is 2. The Bertz CT molecular complexity index is 577. The molecule has 0 saturated heterocycles. The predicted octanol–water partition coefficient (Wildman–Crippen LogP) is 1.04. The SMILES string of the molecule is CN(C)c1ccc(-c2[nH]c(=O)ncc2F)cn1. The number of hydrogen-bond donors (Lipinski definition) is 1. The van der Waals surface area contributed by atoms with Crippen LogP contribution in [0.15, 0.2) is 29.3 Å². The fourth-order valence-corrected chi connectivity index (χ4v) is 1.39. The van der Waals surface area contributed by atoms with Crippen LogP contribution in [0, 0.1) is 5.82 Å². The van der Waals surface area contributed by atoms with E-state index >= 15 is 0 Å². The van der Waals surface area contributed by atoms with Crippen molar-refractivity contribution in [1.82, 2.24) is 15.0 Å². The second kappa shape index (κ2) is 4.32. The molecule has 0 aliphatic carbocycles. The third-order valence-electron chi connectivity index (χ3n) is 2.26. The molecule has 0 aromatic carbocycles. The summed E-state index contributed by atoms with van der Waals surface area (Å²) in [6.45, 7) is 0. The summed E-state index contributed by atoms with van der Waals surface area (Å²) >= 11 is 0. The van der Waals surface area contributed by atoms with Gasteiger partial charge in [0.25, 0.3) is 0 Å². The van der Waals surface area contributed by atoms with Crippen LogP contribution in [0.5, 0.6) is 0 Å². The Morgan fingerprint density at radius 1 is 1.24 bits per heavy atom. The number of halogens is 1. The molecule has 0 radical (unpaired) electrons. The first kappa shape index (κ1) is 11.3. The number of nitrogens with zero attached hydrogens (tertiary/aromatic N) is 3. The maximum Gasteiger partial charge on any atom is 0.345 e. The lowest BCUT2D eigenvalue weighted by molar-refractivity contribution is 0.615. The largest absolute Gasteiger partial charge is 0.363 e. The van der Waals surface area contributed by atoms with Gasteiger partial charge in [-0.05, 0) is 12.1 Å². The Kier molecular flexibility index (Phi) is 2.86. The number of anilines is 1. The van der Waals surface area contributed by atoms with Crippen LogP contribution in [0.1, 0.15) is 0 Å². The molecule has 0 aliphatic heterocycles. The van der Waals surface area contributed by atoms with Gasteiger partial charge in [0.15, 0.2) is 5.82 Å². The molecule has 5 nitrogen and oxygen atoms in total. The fraction of sp³-hybridized carbons (Fsp3) is 0.182. The predicted molar refractivity (Wildman–Crippen MR) is 62.4 cm³/mol. The van der Waals surface area contributed by atoms with E-state index in [-0.39, 0.29) is 5.69 Å². The van der Waals surface area contributed by atoms with Crippen molar-refractivity contribution in [3.05, 3.63) is 40.8 Å². The van der Waals surface area contributed by atoms with Crippen LogP contribution in [-0.2, 0) is 0 Å². The minimum atomic E-state index is -0.585. The molecule has 6 heteroatoms. The number of nitrogens with one attached hydrogen (secondary N) is 1. The van der Waals surface area contributed by atoms with Gasteiger partial charge >= 0.3 is 5.69 Å². The lowest BCUT2D eigenvalue weighted by Crippen LogP contribution is -2.12. The monoisotopic (exact) mass is 234 g/mol. The summed E-state index contributed by atoms with van der Waals surface area (Å²) in [5.41, 5.74) is 0.0218. The van der Waals surface area contributed by atoms with Crippen molar-refractivity contribution in [2.24, 2.45) is 0 Å². The fourth-order valence-electron chi connectivity index (χ4n) is 1.39. The van der Waals surface area contributed by atoms with Crippen molar-refractivity contribution in [2.75, 3.05) is 19.0 Å². The average Bonchev–Trinajstić information content (AvgIpc) is 2.32. The Morgan fingerprint density at radius 2 is 2.00 bits per heavy atom. The average molecular weight is 234 g/mol. The number of pyridine rings is 1. The molecule has 0 saturated carbocycles. The highest BCUT2D eigenvalue weighted by Crippen LogP contribution is 2.19. The van der Waals surface area contributed by atoms with Gasteiger partial charge in [-0.2, -0.15) is 4.98 Å². The van der Waals surface area contributed by atoms with Crippen LogP contribution in [-0.4, -0.2) is 29.0 Å². The van der Waals surface area contributed by atoms with Gasteiger partial charge in [-0.3, -0.25) is 0 Å². The third kappa shape index (κ3) is 2.30. The maximum atomic E-state index is 13.4. The first-order valence-corrected chi connectivity index (χ1v) is 4.96. The molecule has 88 valence electrons. The topological polar surface area (TPSA) is 61.9 Å². The molecule has 17 heavy (non-hydrogen) atoms. The first-order chi connectivity index (χ1) is 8.08. The van der Waals surface area contributed by atoms with E-state index in [1.807, 2.05) is 19.0 Å². The molecule has 1 N–H and O–H groups in total. The van der Waals surface area contributed by atoms with Gasteiger partial charge in [0.2, 0.25) is 0 Å². The number of hydrogen-bond acceptors (Lipinski definition) is 4. The van der Waals surface area contributed by atoms with Crippen LogP contribution < -0.4 is 10.6 Å². The number of aromatic amines is 1. The summed E-state index contributed by atoms with van der Waals surface area (Å²) in [4.78, 5) is 22.6. The summed E-state index contributed by atoms with van der Waals surface area (Å²) in [5, 5.41) is 0. The summed E-state index contributed by atoms with van der Waals surface area (Å²) in [5.74, 6) is 0.176. The van der Waals surface area contributed by atoms with Crippen LogP contribution in [0.25, 0.3) is 11.3 Å². The van der Waals surface area contributed by atoms with Gasteiger partial charge in [0.1, 0.15) is 5.82 Å². The zero-order chi connectivity index (χ0) is 12.4. The van der Waals surface area contributed by atoms with Crippen molar-refractivity contribution in [1.29, 1.82) is 0 Å². The third-order valence-corrected chi connectivity index (χ3v) is 2.26. The molecular formula is C11H11FN4O. The normalized spacial score (nSPS) is 10.3. The number of aromatic nitrogens is 3. The Hall–Kier alpha value is -2.24. The second-order valence-corrected chi connectivity index (χ2v) is 3.71. The van der Waals surface area contributed by atoms with E-state index in [9.17, 15) is 9.18 Å². The molecule has 2 aromatic heterocycles. The molecule has 0 atom stereocenters. The molecule has 2 heterocycles. The van der Waals surface area contributed by atoms with E-state index in [4.69, 9.17) is 0 Å². The van der Waals surface area contributed by atoms with Gasteiger partial charge in [-0.25, -0.2) is 14.2 Å². The van der Waals surface area contributed by atoms with Gasteiger partial charge in [0.05, 0.1) is 11.9 Å². The maximum absolute atomic E-state index is 13.4.